The first-order chi connectivity index (χ1) is 13.2. The average molecular weight is 386 g/mol. The minimum absolute atomic E-state index is 0.0749. The highest BCUT2D eigenvalue weighted by Crippen LogP contribution is 2.36. The molecule has 0 aromatic heterocycles. The van der Waals surface area contributed by atoms with Crippen LogP contribution in [0.15, 0.2) is 48.5 Å². The molecule has 3 N–H and O–H groups in total. The Bertz CT molecular complexity index is 821. The van der Waals surface area contributed by atoms with Crippen LogP contribution in [0.25, 0.3) is 6.08 Å². The molecule has 0 fully saturated rings. The summed E-state index contributed by atoms with van der Waals surface area (Å²) in [6.45, 7) is 3.29. The maximum absolute atomic E-state index is 11.0. The zero-order valence-corrected chi connectivity index (χ0v) is 16.3. The summed E-state index contributed by atoms with van der Waals surface area (Å²) in [7, 11) is 1.50. The summed E-state index contributed by atoms with van der Waals surface area (Å²) in [6.07, 6.45) is 1.46. The smallest absolute Gasteiger partial charge is 0.328 e. The fourth-order valence-corrected chi connectivity index (χ4v) is 2.65. The number of benzene rings is 2. The van der Waals surface area contributed by atoms with Crippen LogP contribution in [0.1, 0.15) is 30.5 Å². The Morgan fingerprint density at radius 3 is 2.43 bits per heavy atom. The summed E-state index contributed by atoms with van der Waals surface area (Å²) in [6, 6.07) is 12.9. The monoisotopic (exact) mass is 386 g/mol. The van der Waals surface area contributed by atoms with E-state index >= 15 is 0 Å². The van der Waals surface area contributed by atoms with Crippen LogP contribution in [-0.4, -0.2) is 40.1 Å². The van der Waals surface area contributed by atoms with E-state index in [-0.39, 0.29) is 13.0 Å². The number of carbonyl (C=O) groups is 1. The van der Waals surface area contributed by atoms with Crippen molar-refractivity contribution in [1.82, 2.24) is 0 Å². The van der Waals surface area contributed by atoms with Gasteiger partial charge in [-0.15, -0.1) is 0 Å². The molecule has 0 aliphatic heterocycles. The highest BCUT2D eigenvalue weighted by Gasteiger charge is 2.28. The van der Waals surface area contributed by atoms with Crippen LogP contribution in [0.4, 0.5) is 0 Å². The van der Waals surface area contributed by atoms with E-state index in [0.717, 1.165) is 11.6 Å². The molecule has 150 valence electrons. The molecule has 0 heterocycles. The Balaban J connectivity index is 2.48. The first-order valence-corrected chi connectivity index (χ1v) is 8.90. The molecule has 1 unspecified atom stereocenters. The van der Waals surface area contributed by atoms with Gasteiger partial charge in [0.05, 0.1) is 18.8 Å². The molecule has 0 aliphatic carbocycles. The molecule has 0 saturated carbocycles. The Hall–Kier alpha value is -2.83. The molecule has 2 rings (SSSR count). The van der Waals surface area contributed by atoms with Crippen molar-refractivity contribution in [1.29, 1.82) is 0 Å². The molecule has 2 aromatic carbocycles. The molecule has 0 bridgehead atoms. The van der Waals surface area contributed by atoms with E-state index in [4.69, 9.17) is 14.6 Å². The molecule has 6 heteroatoms. The number of aliphatic hydroxyl groups is 2. The molecule has 0 radical (unpaired) electrons. The molecule has 0 amide bonds. The normalized spacial score (nSPS) is 12.8. The zero-order chi connectivity index (χ0) is 20.7. The van der Waals surface area contributed by atoms with Crippen molar-refractivity contribution < 1.29 is 29.6 Å². The van der Waals surface area contributed by atoms with E-state index in [2.05, 4.69) is 0 Å². The van der Waals surface area contributed by atoms with Crippen LogP contribution in [0.5, 0.6) is 11.5 Å². The SMILES string of the molecule is COc1ccc(C=CC(=O)O)c(OCc2ccccc2)c1CC(O)C(C)(C)O. The van der Waals surface area contributed by atoms with Gasteiger partial charge in [0.1, 0.15) is 18.1 Å². The first-order valence-electron chi connectivity index (χ1n) is 8.90. The molecule has 1 atom stereocenters. The lowest BCUT2D eigenvalue weighted by Gasteiger charge is -2.26. The van der Waals surface area contributed by atoms with E-state index in [1.807, 2.05) is 30.3 Å². The Morgan fingerprint density at radius 1 is 1.18 bits per heavy atom. The quantitative estimate of drug-likeness (QED) is 0.573. The van der Waals surface area contributed by atoms with Gasteiger partial charge in [-0.1, -0.05) is 30.3 Å². The standard InChI is InChI=1S/C22H26O6/c1-22(2,26)19(23)13-17-18(27-3)11-9-16(10-12-20(24)25)21(17)28-14-15-7-5-4-6-8-15/h4-12,19,23,26H,13-14H2,1-3H3,(H,24,25). The predicted octanol–water partition coefficient (Wildman–Crippen LogP) is 3.05. The van der Waals surface area contributed by atoms with Gasteiger partial charge in [-0.05, 0) is 37.6 Å². The summed E-state index contributed by atoms with van der Waals surface area (Å²) in [5.74, 6) is -0.189. The summed E-state index contributed by atoms with van der Waals surface area (Å²) in [5, 5.41) is 29.5. The van der Waals surface area contributed by atoms with Crippen molar-refractivity contribution in [3.8, 4) is 11.5 Å². The largest absolute Gasteiger partial charge is 0.496 e. The number of methoxy groups -OCH3 is 1. The number of hydrogen-bond donors (Lipinski definition) is 3. The summed E-state index contributed by atoms with van der Waals surface area (Å²) in [5.41, 5.74) is 0.708. The van der Waals surface area contributed by atoms with Crippen LogP contribution in [0.2, 0.25) is 0 Å². The van der Waals surface area contributed by atoms with E-state index in [0.29, 0.717) is 22.6 Å². The molecule has 0 saturated heterocycles. The van der Waals surface area contributed by atoms with Gasteiger partial charge in [-0.2, -0.15) is 0 Å². The van der Waals surface area contributed by atoms with Gasteiger partial charge < -0.3 is 24.8 Å². The summed E-state index contributed by atoms with van der Waals surface area (Å²) in [4.78, 5) is 11.0. The fraction of sp³-hybridized carbons (Fsp3) is 0.318. The molecule has 2 aromatic rings. The van der Waals surface area contributed by atoms with Crippen molar-refractivity contribution in [3.05, 3.63) is 65.2 Å². The van der Waals surface area contributed by atoms with Gasteiger partial charge in [0.2, 0.25) is 0 Å². The summed E-state index contributed by atoms with van der Waals surface area (Å²) >= 11 is 0. The van der Waals surface area contributed by atoms with Crippen molar-refractivity contribution in [3.63, 3.8) is 0 Å². The number of hydrogen-bond acceptors (Lipinski definition) is 5. The second-order valence-electron chi connectivity index (χ2n) is 6.98. The third-order valence-corrected chi connectivity index (χ3v) is 4.31. The Morgan fingerprint density at radius 2 is 1.86 bits per heavy atom. The molecule has 6 nitrogen and oxygen atoms in total. The van der Waals surface area contributed by atoms with E-state index in [9.17, 15) is 15.0 Å². The van der Waals surface area contributed by atoms with Gasteiger partial charge in [0, 0.05) is 23.6 Å². The van der Waals surface area contributed by atoms with Crippen LogP contribution in [-0.2, 0) is 17.8 Å². The third kappa shape index (κ3) is 5.84. The Labute approximate surface area is 164 Å². The maximum Gasteiger partial charge on any atom is 0.328 e. The first kappa shape index (κ1) is 21.5. The number of carboxylic acid groups (broad SMARTS) is 1. The lowest BCUT2D eigenvalue weighted by Crippen LogP contribution is -2.37. The van der Waals surface area contributed by atoms with Crippen molar-refractivity contribution >= 4 is 12.0 Å². The van der Waals surface area contributed by atoms with Crippen LogP contribution >= 0.6 is 0 Å². The van der Waals surface area contributed by atoms with Crippen LogP contribution < -0.4 is 9.47 Å². The molecule has 28 heavy (non-hydrogen) atoms. The number of rotatable bonds is 9. The topological polar surface area (TPSA) is 96.2 Å². The van der Waals surface area contributed by atoms with Gasteiger partial charge in [0.25, 0.3) is 0 Å². The van der Waals surface area contributed by atoms with Gasteiger partial charge >= 0.3 is 5.97 Å². The lowest BCUT2D eigenvalue weighted by molar-refractivity contribution is -0.131. The van der Waals surface area contributed by atoms with Crippen LogP contribution in [0, 0.1) is 0 Å². The minimum Gasteiger partial charge on any atom is -0.496 e. The Kier molecular flexibility index (Phi) is 7.20. The predicted molar refractivity (Wildman–Crippen MR) is 106 cm³/mol. The number of aliphatic carboxylic acids is 1. The fourth-order valence-electron chi connectivity index (χ4n) is 2.65. The highest BCUT2D eigenvalue weighted by molar-refractivity contribution is 5.86. The van der Waals surface area contributed by atoms with Crippen molar-refractivity contribution in [2.24, 2.45) is 0 Å². The number of carboxylic acids is 1. The second kappa shape index (κ2) is 9.39. The zero-order valence-electron chi connectivity index (χ0n) is 16.3. The average Bonchev–Trinajstić information content (AvgIpc) is 2.65. The highest BCUT2D eigenvalue weighted by atomic mass is 16.5. The molecular weight excluding hydrogens is 360 g/mol. The minimum atomic E-state index is -1.32. The van der Waals surface area contributed by atoms with Crippen molar-refractivity contribution in [2.45, 2.75) is 38.6 Å². The molecular formula is C22H26O6. The van der Waals surface area contributed by atoms with E-state index in [1.165, 1.54) is 27.0 Å². The molecule has 0 spiro atoms. The van der Waals surface area contributed by atoms with Crippen molar-refractivity contribution in [2.75, 3.05) is 7.11 Å². The summed E-state index contributed by atoms with van der Waals surface area (Å²) < 4.78 is 11.4. The van der Waals surface area contributed by atoms with Gasteiger partial charge in [0.15, 0.2) is 0 Å². The second-order valence-corrected chi connectivity index (χ2v) is 6.98. The van der Waals surface area contributed by atoms with E-state index in [1.54, 1.807) is 12.1 Å². The van der Waals surface area contributed by atoms with Crippen LogP contribution in [0.3, 0.4) is 0 Å². The van der Waals surface area contributed by atoms with Gasteiger partial charge in [-0.3, -0.25) is 0 Å². The van der Waals surface area contributed by atoms with E-state index < -0.39 is 17.7 Å². The maximum atomic E-state index is 11.0. The molecule has 0 aliphatic rings. The lowest BCUT2D eigenvalue weighted by atomic mass is 9.93. The number of ether oxygens (including phenoxy) is 2. The van der Waals surface area contributed by atoms with Gasteiger partial charge in [-0.25, -0.2) is 4.79 Å². The number of aliphatic hydroxyl groups excluding tert-OH is 1. The third-order valence-electron chi connectivity index (χ3n) is 4.31.